The summed E-state index contributed by atoms with van der Waals surface area (Å²) in [6, 6.07) is 0. The highest BCUT2D eigenvalue weighted by molar-refractivity contribution is 5.84. The van der Waals surface area contributed by atoms with Crippen LogP contribution >= 0.6 is 0 Å². The van der Waals surface area contributed by atoms with Gasteiger partial charge in [-0.15, -0.1) is 0 Å². The van der Waals surface area contributed by atoms with Crippen molar-refractivity contribution in [2.24, 2.45) is 16.7 Å². The van der Waals surface area contributed by atoms with Crippen LogP contribution in [0.3, 0.4) is 0 Å². The summed E-state index contributed by atoms with van der Waals surface area (Å²) in [5.74, 6) is 1.10. The molecule has 0 unspecified atom stereocenters. The zero-order valence-corrected chi connectivity index (χ0v) is 11.6. The SMILES string of the molecule is CC(C)CCC(C)(C)C(=O)CC(C)(C)C. The second-order valence-electron chi connectivity index (χ2n) is 6.98. The molecule has 0 radical (unpaired) electrons. The molecule has 0 aromatic heterocycles. The van der Waals surface area contributed by atoms with Crippen LogP contribution in [-0.2, 0) is 4.79 Å². The molecule has 1 nitrogen and oxygen atoms in total. The minimum absolute atomic E-state index is 0.117. The molecule has 0 bridgehead atoms. The third-order valence-corrected chi connectivity index (χ3v) is 2.79. The van der Waals surface area contributed by atoms with Crippen LogP contribution in [0.4, 0.5) is 0 Å². The van der Waals surface area contributed by atoms with E-state index in [2.05, 4.69) is 48.5 Å². The van der Waals surface area contributed by atoms with Crippen LogP contribution in [0.15, 0.2) is 0 Å². The predicted octanol–water partition coefficient (Wildman–Crippen LogP) is 4.45. The van der Waals surface area contributed by atoms with Crippen molar-refractivity contribution in [2.75, 3.05) is 0 Å². The maximum Gasteiger partial charge on any atom is 0.139 e. The third-order valence-electron chi connectivity index (χ3n) is 2.79. The molecular formula is C14H28O. The zero-order valence-electron chi connectivity index (χ0n) is 11.6. The Morgan fingerprint density at radius 2 is 1.53 bits per heavy atom. The molecule has 0 saturated heterocycles. The van der Waals surface area contributed by atoms with Gasteiger partial charge in [-0.05, 0) is 17.8 Å². The highest BCUT2D eigenvalue weighted by Gasteiger charge is 2.30. The van der Waals surface area contributed by atoms with Gasteiger partial charge in [0.1, 0.15) is 5.78 Å². The summed E-state index contributed by atoms with van der Waals surface area (Å²) in [5, 5.41) is 0. The number of hydrogen-bond acceptors (Lipinski definition) is 1. The molecule has 90 valence electrons. The van der Waals surface area contributed by atoms with Crippen molar-refractivity contribution in [1.82, 2.24) is 0 Å². The van der Waals surface area contributed by atoms with E-state index < -0.39 is 0 Å². The Bertz CT molecular complexity index is 206. The van der Waals surface area contributed by atoms with Crippen molar-refractivity contribution in [3.8, 4) is 0 Å². The van der Waals surface area contributed by atoms with Gasteiger partial charge in [0.15, 0.2) is 0 Å². The number of hydrogen-bond donors (Lipinski definition) is 0. The maximum atomic E-state index is 12.1. The molecule has 0 rings (SSSR count). The van der Waals surface area contributed by atoms with Crippen LogP contribution in [0.25, 0.3) is 0 Å². The molecule has 0 aromatic carbocycles. The molecule has 0 aliphatic rings. The van der Waals surface area contributed by atoms with Crippen LogP contribution in [0.2, 0.25) is 0 Å². The molecule has 1 heteroatoms. The normalized spacial score (nSPS) is 13.3. The third kappa shape index (κ3) is 6.70. The van der Waals surface area contributed by atoms with E-state index in [-0.39, 0.29) is 10.8 Å². The predicted molar refractivity (Wildman–Crippen MR) is 66.9 cm³/mol. The lowest BCUT2D eigenvalue weighted by Crippen LogP contribution is -2.28. The average Bonchev–Trinajstić information content (AvgIpc) is 1.97. The lowest BCUT2D eigenvalue weighted by molar-refractivity contribution is -0.129. The van der Waals surface area contributed by atoms with Gasteiger partial charge in [-0.1, -0.05) is 54.9 Å². The smallest absolute Gasteiger partial charge is 0.139 e. The van der Waals surface area contributed by atoms with E-state index in [1.807, 2.05) is 0 Å². The molecule has 0 aromatic rings. The van der Waals surface area contributed by atoms with Crippen LogP contribution in [-0.4, -0.2) is 5.78 Å². The summed E-state index contributed by atoms with van der Waals surface area (Å²) >= 11 is 0. The van der Waals surface area contributed by atoms with Crippen molar-refractivity contribution < 1.29 is 4.79 Å². The first-order valence-electron chi connectivity index (χ1n) is 6.08. The summed E-state index contributed by atoms with van der Waals surface area (Å²) in [7, 11) is 0. The molecule has 0 saturated carbocycles. The van der Waals surface area contributed by atoms with E-state index in [9.17, 15) is 4.79 Å². The van der Waals surface area contributed by atoms with Gasteiger partial charge in [0.2, 0.25) is 0 Å². The number of carbonyl (C=O) groups is 1. The Morgan fingerprint density at radius 3 is 1.87 bits per heavy atom. The van der Waals surface area contributed by atoms with Crippen molar-refractivity contribution in [2.45, 2.75) is 67.7 Å². The van der Waals surface area contributed by atoms with E-state index in [0.29, 0.717) is 18.1 Å². The van der Waals surface area contributed by atoms with E-state index >= 15 is 0 Å². The second kappa shape index (κ2) is 5.14. The summed E-state index contributed by atoms with van der Waals surface area (Å²) in [6.07, 6.45) is 2.85. The maximum absolute atomic E-state index is 12.1. The van der Waals surface area contributed by atoms with Gasteiger partial charge < -0.3 is 0 Å². The first kappa shape index (κ1) is 14.7. The first-order chi connectivity index (χ1) is 6.54. The standard InChI is InChI=1S/C14H28O/c1-11(2)8-9-14(6,7)12(15)10-13(3,4)5/h11H,8-10H2,1-7H3. The highest BCUT2D eigenvalue weighted by Crippen LogP contribution is 2.31. The van der Waals surface area contributed by atoms with Gasteiger partial charge in [-0.25, -0.2) is 0 Å². The zero-order chi connectivity index (χ0) is 12.3. The summed E-state index contributed by atoms with van der Waals surface area (Å²) in [6.45, 7) is 15.0. The van der Waals surface area contributed by atoms with E-state index in [4.69, 9.17) is 0 Å². The Kier molecular flexibility index (Phi) is 5.02. The summed E-state index contributed by atoms with van der Waals surface area (Å²) in [4.78, 5) is 12.1. The minimum Gasteiger partial charge on any atom is -0.299 e. The van der Waals surface area contributed by atoms with Gasteiger partial charge in [-0.2, -0.15) is 0 Å². The fraction of sp³-hybridized carbons (Fsp3) is 0.929. The summed E-state index contributed by atoms with van der Waals surface area (Å²) in [5.41, 5.74) is -0.0241. The van der Waals surface area contributed by atoms with E-state index in [1.54, 1.807) is 0 Å². The molecule has 0 spiro atoms. The molecule has 0 heterocycles. The van der Waals surface area contributed by atoms with Gasteiger partial charge in [-0.3, -0.25) is 4.79 Å². The van der Waals surface area contributed by atoms with Crippen molar-refractivity contribution in [3.05, 3.63) is 0 Å². The van der Waals surface area contributed by atoms with Gasteiger partial charge >= 0.3 is 0 Å². The van der Waals surface area contributed by atoms with Crippen LogP contribution in [0.5, 0.6) is 0 Å². The van der Waals surface area contributed by atoms with Crippen LogP contribution < -0.4 is 0 Å². The van der Waals surface area contributed by atoms with Gasteiger partial charge in [0.25, 0.3) is 0 Å². The fourth-order valence-electron chi connectivity index (χ4n) is 1.51. The van der Waals surface area contributed by atoms with Crippen molar-refractivity contribution >= 4 is 5.78 Å². The average molecular weight is 212 g/mol. The van der Waals surface area contributed by atoms with Gasteiger partial charge in [0, 0.05) is 11.8 Å². The molecule has 0 aliphatic carbocycles. The second-order valence-corrected chi connectivity index (χ2v) is 6.98. The highest BCUT2D eigenvalue weighted by atomic mass is 16.1. The van der Waals surface area contributed by atoms with Crippen molar-refractivity contribution in [1.29, 1.82) is 0 Å². The number of carbonyl (C=O) groups excluding carboxylic acids is 1. The lowest BCUT2D eigenvalue weighted by atomic mass is 9.75. The minimum atomic E-state index is -0.141. The molecule has 0 fully saturated rings. The number of Topliss-reactive ketones (excluding diaryl/α,β-unsaturated/α-hetero) is 1. The molecular weight excluding hydrogens is 184 g/mol. The first-order valence-corrected chi connectivity index (χ1v) is 6.08. The number of ketones is 1. The Hall–Kier alpha value is -0.330. The fourth-order valence-corrected chi connectivity index (χ4v) is 1.51. The largest absolute Gasteiger partial charge is 0.299 e. The quantitative estimate of drug-likeness (QED) is 0.658. The monoisotopic (exact) mass is 212 g/mol. The lowest BCUT2D eigenvalue weighted by Gasteiger charge is -2.28. The van der Waals surface area contributed by atoms with Crippen molar-refractivity contribution in [3.63, 3.8) is 0 Å². The molecule has 15 heavy (non-hydrogen) atoms. The van der Waals surface area contributed by atoms with Crippen LogP contribution in [0, 0.1) is 16.7 Å². The number of rotatable bonds is 5. The van der Waals surface area contributed by atoms with Crippen LogP contribution in [0.1, 0.15) is 67.7 Å². The Balaban J connectivity index is 4.26. The molecule has 0 aliphatic heterocycles. The van der Waals surface area contributed by atoms with Gasteiger partial charge in [0.05, 0.1) is 0 Å². The molecule has 0 atom stereocenters. The topological polar surface area (TPSA) is 17.1 Å². The Labute approximate surface area is 95.6 Å². The van der Waals surface area contributed by atoms with E-state index in [0.717, 1.165) is 12.8 Å². The van der Waals surface area contributed by atoms with E-state index in [1.165, 1.54) is 0 Å². The Morgan fingerprint density at radius 1 is 1.07 bits per heavy atom. The molecule has 0 amide bonds. The molecule has 0 N–H and O–H groups in total. The summed E-state index contributed by atoms with van der Waals surface area (Å²) < 4.78 is 0.